The molecule has 1 N–H and O–H groups in total. The summed E-state index contributed by atoms with van der Waals surface area (Å²) in [6.07, 6.45) is 0.690. The molecule has 0 amide bonds. The third-order valence-corrected chi connectivity index (χ3v) is 2.85. The molecule has 0 bridgehead atoms. The number of rotatable bonds is 12. The van der Waals surface area contributed by atoms with Gasteiger partial charge in [0, 0.05) is 26.7 Å². The van der Waals surface area contributed by atoms with E-state index in [9.17, 15) is 5.11 Å². The molecule has 0 aliphatic carbocycles. The van der Waals surface area contributed by atoms with Gasteiger partial charge in [0.2, 0.25) is 0 Å². The van der Waals surface area contributed by atoms with E-state index >= 15 is 0 Å². The number of aliphatic hydroxyl groups is 1. The van der Waals surface area contributed by atoms with Crippen LogP contribution >= 0.6 is 0 Å². The molecule has 0 radical (unpaired) electrons. The van der Waals surface area contributed by atoms with E-state index in [4.69, 9.17) is 9.47 Å². The molecule has 0 aliphatic rings. The maximum absolute atomic E-state index is 10.0. The summed E-state index contributed by atoms with van der Waals surface area (Å²) in [6, 6.07) is 0. The van der Waals surface area contributed by atoms with Crippen LogP contribution in [0.15, 0.2) is 0 Å². The second-order valence-electron chi connectivity index (χ2n) is 5.36. The minimum Gasteiger partial charge on any atom is -0.389 e. The summed E-state index contributed by atoms with van der Waals surface area (Å²) in [4.78, 5) is 4.45. The van der Waals surface area contributed by atoms with Crippen LogP contribution in [0.1, 0.15) is 20.3 Å². The van der Waals surface area contributed by atoms with Crippen molar-refractivity contribution >= 4 is 0 Å². The first-order valence-electron chi connectivity index (χ1n) is 7.15. The van der Waals surface area contributed by atoms with Gasteiger partial charge in [-0.25, -0.2) is 0 Å². The Kier molecular flexibility index (Phi) is 11.5. The predicted molar refractivity (Wildman–Crippen MR) is 78.6 cm³/mol. The second-order valence-corrected chi connectivity index (χ2v) is 5.36. The summed E-state index contributed by atoms with van der Waals surface area (Å²) in [7, 11) is 5.78. The van der Waals surface area contributed by atoms with Gasteiger partial charge < -0.3 is 19.5 Å². The molecule has 0 heterocycles. The highest BCUT2D eigenvalue weighted by molar-refractivity contribution is 4.66. The number of likely N-dealkylation sites (N-methyl/N-ethyl adjacent to an activating group) is 1. The summed E-state index contributed by atoms with van der Waals surface area (Å²) in [6.45, 7) is 8.70. The Labute approximate surface area is 118 Å². The van der Waals surface area contributed by atoms with Gasteiger partial charge in [0.05, 0.1) is 25.4 Å². The molecule has 116 valence electrons. The van der Waals surface area contributed by atoms with Gasteiger partial charge in [-0.05, 0) is 34.0 Å². The topological polar surface area (TPSA) is 45.2 Å². The Hall–Kier alpha value is -0.200. The van der Waals surface area contributed by atoms with E-state index in [0.717, 1.165) is 26.1 Å². The number of hydrogen-bond acceptors (Lipinski definition) is 5. The van der Waals surface area contributed by atoms with Crippen molar-refractivity contribution in [2.45, 2.75) is 32.5 Å². The molecule has 5 heteroatoms. The number of ether oxygens (including phenoxy) is 2. The summed E-state index contributed by atoms with van der Waals surface area (Å²) in [5, 5.41) is 10.0. The summed E-state index contributed by atoms with van der Waals surface area (Å²) < 4.78 is 10.5. The Morgan fingerprint density at radius 2 is 1.79 bits per heavy atom. The molecule has 2 atom stereocenters. The van der Waals surface area contributed by atoms with E-state index in [1.807, 2.05) is 6.92 Å². The minimum atomic E-state index is -0.437. The van der Waals surface area contributed by atoms with Crippen LogP contribution in [0.3, 0.4) is 0 Å². The van der Waals surface area contributed by atoms with Crippen LogP contribution < -0.4 is 0 Å². The lowest BCUT2D eigenvalue weighted by Gasteiger charge is -2.26. The molecule has 0 spiro atoms. The Balaban J connectivity index is 3.91. The van der Waals surface area contributed by atoms with Gasteiger partial charge in [-0.1, -0.05) is 6.92 Å². The zero-order chi connectivity index (χ0) is 14.7. The van der Waals surface area contributed by atoms with E-state index in [0.29, 0.717) is 19.8 Å². The lowest BCUT2D eigenvalue weighted by Crippen LogP contribution is -2.39. The van der Waals surface area contributed by atoms with Crippen LogP contribution in [0.4, 0.5) is 0 Å². The van der Waals surface area contributed by atoms with E-state index in [1.165, 1.54) is 0 Å². The highest BCUT2D eigenvalue weighted by Crippen LogP contribution is 1.99. The van der Waals surface area contributed by atoms with Crippen molar-refractivity contribution in [1.82, 2.24) is 9.80 Å². The lowest BCUT2D eigenvalue weighted by molar-refractivity contribution is -0.0399. The standard InChI is InChI=1S/C14H32N2O3/c1-6-7-16(9-8-15(3)4)10-14(17)12-19-13(2)11-18-5/h13-14,17H,6-12H2,1-5H3. The number of hydrogen-bond donors (Lipinski definition) is 1. The van der Waals surface area contributed by atoms with Crippen LogP contribution in [0.2, 0.25) is 0 Å². The molecule has 0 rings (SSSR count). The molecule has 0 saturated carbocycles. The number of nitrogens with zero attached hydrogens (tertiary/aromatic N) is 2. The van der Waals surface area contributed by atoms with Crippen LogP contribution in [-0.2, 0) is 9.47 Å². The van der Waals surface area contributed by atoms with Gasteiger partial charge in [0.15, 0.2) is 0 Å². The fourth-order valence-electron chi connectivity index (χ4n) is 1.86. The molecule has 0 aromatic heterocycles. The van der Waals surface area contributed by atoms with Crippen molar-refractivity contribution in [2.75, 3.05) is 60.6 Å². The van der Waals surface area contributed by atoms with E-state index in [1.54, 1.807) is 7.11 Å². The van der Waals surface area contributed by atoms with Gasteiger partial charge in [-0.3, -0.25) is 4.90 Å². The van der Waals surface area contributed by atoms with Crippen molar-refractivity contribution < 1.29 is 14.6 Å². The largest absolute Gasteiger partial charge is 0.389 e. The fraction of sp³-hybridized carbons (Fsp3) is 1.00. The molecular weight excluding hydrogens is 244 g/mol. The van der Waals surface area contributed by atoms with Crippen LogP contribution in [0.25, 0.3) is 0 Å². The zero-order valence-electron chi connectivity index (χ0n) is 13.3. The number of methoxy groups -OCH3 is 1. The van der Waals surface area contributed by atoms with Gasteiger partial charge in [-0.2, -0.15) is 0 Å². The first kappa shape index (κ1) is 18.8. The smallest absolute Gasteiger partial charge is 0.0900 e. The maximum atomic E-state index is 10.0. The Bertz CT molecular complexity index is 203. The summed E-state index contributed by atoms with van der Waals surface area (Å²) in [5.74, 6) is 0. The van der Waals surface area contributed by atoms with Crippen LogP contribution in [-0.4, -0.2) is 87.7 Å². The third-order valence-electron chi connectivity index (χ3n) is 2.85. The SMILES string of the molecule is CCCN(CCN(C)C)CC(O)COC(C)COC. The Morgan fingerprint density at radius 1 is 1.11 bits per heavy atom. The molecular formula is C14H32N2O3. The average Bonchev–Trinajstić information content (AvgIpc) is 2.34. The molecule has 5 nitrogen and oxygen atoms in total. The molecule has 0 aliphatic heterocycles. The molecule has 0 aromatic rings. The van der Waals surface area contributed by atoms with Crippen molar-refractivity contribution in [1.29, 1.82) is 0 Å². The van der Waals surface area contributed by atoms with Crippen molar-refractivity contribution in [3.63, 3.8) is 0 Å². The highest BCUT2D eigenvalue weighted by atomic mass is 16.5. The van der Waals surface area contributed by atoms with Gasteiger partial charge in [0.1, 0.15) is 0 Å². The molecule has 0 aromatic carbocycles. The normalized spacial score (nSPS) is 15.2. The highest BCUT2D eigenvalue weighted by Gasteiger charge is 2.13. The fourth-order valence-corrected chi connectivity index (χ4v) is 1.86. The molecule has 0 fully saturated rings. The molecule has 0 saturated heterocycles. The van der Waals surface area contributed by atoms with E-state index in [-0.39, 0.29) is 6.10 Å². The quantitative estimate of drug-likeness (QED) is 0.568. The van der Waals surface area contributed by atoms with Crippen molar-refractivity contribution in [3.8, 4) is 0 Å². The second kappa shape index (κ2) is 11.6. The van der Waals surface area contributed by atoms with Gasteiger partial charge >= 0.3 is 0 Å². The molecule has 2 unspecified atom stereocenters. The lowest BCUT2D eigenvalue weighted by atomic mass is 10.3. The summed E-state index contributed by atoms with van der Waals surface area (Å²) in [5.41, 5.74) is 0. The number of aliphatic hydroxyl groups excluding tert-OH is 1. The maximum Gasteiger partial charge on any atom is 0.0900 e. The van der Waals surface area contributed by atoms with Crippen molar-refractivity contribution in [3.05, 3.63) is 0 Å². The van der Waals surface area contributed by atoms with Crippen LogP contribution in [0, 0.1) is 0 Å². The minimum absolute atomic E-state index is 0.0288. The Morgan fingerprint density at radius 3 is 2.32 bits per heavy atom. The summed E-state index contributed by atoms with van der Waals surface area (Å²) >= 11 is 0. The van der Waals surface area contributed by atoms with E-state index in [2.05, 4.69) is 30.8 Å². The van der Waals surface area contributed by atoms with Crippen LogP contribution in [0.5, 0.6) is 0 Å². The zero-order valence-corrected chi connectivity index (χ0v) is 13.3. The van der Waals surface area contributed by atoms with Crippen molar-refractivity contribution in [2.24, 2.45) is 0 Å². The third kappa shape index (κ3) is 11.3. The van der Waals surface area contributed by atoms with Gasteiger partial charge in [0.25, 0.3) is 0 Å². The van der Waals surface area contributed by atoms with Gasteiger partial charge in [-0.15, -0.1) is 0 Å². The predicted octanol–water partition coefficient (Wildman–Crippen LogP) is 0.672. The first-order chi connectivity index (χ1) is 8.99. The molecule has 19 heavy (non-hydrogen) atoms. The average molecular weight is 276 g/mol. The first-order valence-corrected chi connectivity index (χ1v) is 7.15. The van der Waals surface area contributed by atoms with E-state index < -0.39 is 6.10 Å². The monoisotopic (exact) mass is 276 g/mol.